The van der Waals surface area contributed by atoms with Gasteiger partial charge in [0, 0.05) is 13.0 Å². The molecule has 0 aliphatic carbocycles. The van der Waals surface area contributed by atoms with E-state index in [9.17, 15) is 8.42 Å². The Hall–Kier alpha value is -1.59. The van der Waals surface area contributed by atoms with Crippen LogP contribution in [0.5, 0.6) is 0 Å². The molecule has 9 nitrogen and oxygen atoms in total. The van der Waals surface area contributed by atoms with Crippen molar-refractivity contribution < 1.29 is 12.9 Å². The molecule has 0 atom stereocenters. The van der Waals surface area contributed by atoms with E-state index in [0.29, 0.717) is 12.3 Å². The van der Waals surface area contributed by atoms with E-state index in [4.69, 9.17) is 10.3 Å². The molecule has 92 valence electrons. The highest BCUT2D eigenvalue weighted by atomic mass is 32.2. The average molecular weight is 276 g/mol. The van der Waals surface area contributed by atoms with Crippen molar-refractivity contribution in [3.05, 3.63) is 12.2 Å². The van der Waals surface area contributed by atoms with Crippen LogP contribution in [0.15, 0.2) is 15.2 Å². The zero-order valence-electron chi connectivity index (χ0n) is 8.40. The van der Waals surface area contributed by atoms with E-state index in [1.165, 1.54) is 6.33 Å². The maximum atomic E-state index is 11.6. The molecule has 0 unspecified atom stereocenters. The van der Waals surface area contributed by atoms with Crippen molar-refractivity contribution in [3.63, 3.8) is 0 Å². The van der Waals surface area contributed by atoms with Crippen LogP contribution >= 0.6 is 11.3 Å². The zero-order chi connectivity index (χ0) is 12.3. The summed E-state index contributed by atoms with van der Waals surface area (Å²) < 4.78 is 30.2. The number of nitrogens with two attached hydrogens (primary N) is 1. The van der Waals surface area contributed by atoms with Crippen molar-refractivity contribution >= 4 is 26.5 Å². The van der Waals surface area contributed by atoms with E-state index < -0.39 is 10.0 Å². The van der Waals surface area contributed by atoms with Gasteiger partial charge in [-0.3, -0.25) is 0 Å². The minimum absolute atomic E-state index is 0.0993. The van der Waals surface area contributed by atoms with E-state index in [2.05, 4.69) is 25.1 Å². The molecule has 0 aliphatic heterocycles. The Bertz CT molecular complexity index is 577. The van der Waals surface area contributed by atoms with Crippen LogP contribution in [0.2, 0.25) is 0 Å². The zero-order valence-corrected chi connectivity index (χ0v) is 10.0. The number of nitrogens with one attached hydrogen (secondary N) is 1. The maximum absolute atomic E-state index is 11.6. The highest BCUT2D eigenvalue weighted by Gasteiger charge is 2.19. The van der Waals surface area contributed by atoms with Gasteiger partial charge in [0.2, 0.25) is 15.4 Å². The quantitative estimate of drug-likeness (QED) is 0.711. The van der Waals surface area contributed by atoms with E-state index >= 15 is 0 Å². The molecule has 0 saturated heterocycles. The molecule has 0 radical (unpaired) electrons. The van der Waals surface area contributed by atoms with Gasteiger partial charge in [-0.25, -0.2) is 13.1 Å². The van der Waals surface area contributed by atoms with Crippen LogP contribution in [0.3, 0.4) is 0 Å². The summed E-state index contributed by atoms with van der Waals surface area (Å²) in [7, 11) is -3.67. The lowest BCUT2D eigenvalue weighted by Crippen LogP contribution is -2.26. The predicted octanol–water partition coefficient (Wildman–Crippen LogP) is -0.976. The highest BCUT2D eigenvalue weighted by Crippen LogP contribution is 2.16. The molecule has 0 spiro atoms. The largest absolute Gasteiger partial charge is 0.374 e. The fourth-order valence-corrected chi connectivity index (χ4v) is 2.85. The van der Waals surface area contributed by atoms with Crippen LogP contribution in [0.1, 0.15) is 5.89 Å². The van der Waals surface area contributed by atoms with Crippen molar-refractivity contribution in [2.45, 2.75) is 10.8 Å². The molecule has 0 aliphatic rings. The summed E-state index contributed by atoms with van der Waals surface area (Å²) in [6, 6.07) is 0. The number of anilines is 1. The molecule has 0 fully saturated rings. The Morgan fingerprint density at radius 3 is 2.88 bits per heavy atom. The van der Waals surface area contributed by atoms with Crippen LogP contribution in [0, 0.1) is 0 Å². The number of rotatable bonds is 5. The highest BCUT2D eigenvalue weighted by molar-refractivity contribution is 7.91. The average Bonchev–Trinajstić information content (AvgIpc) is 2.89. The molecular weight excluding hydrogens is 268 g/mol. The third-order valence-electron chi connectivity index (χ3n) is 1.69. The van der Waals surface area contributed by atoms with Gasteiger partial charge >= 0.3 is 0 Å². The van der Waals surface area contributed by atoms with Gasteiger partial charge in [-0.1, -0.05) is 16.5 Å². The second-order valence-corrected chi connectivity index (χ2v) is 5.84. The number of hydrogen-bond donors (Lipinski definition) is 2. The standard InChI is InChI=1S/C6H8N6O3S2/c7-5-11-12-6(16-5)17(13,14)10-2-1-4-8-3-9-15-4/h3,10H,1-2H2,(H2,7,11). The summed E-state index contributed by atoms with van der Waals surface area (Å²) >= 11 is 0.796. The van der Waals surface area contributed by atoms with Gasteiger partial charge in [0.15, 0.2) is 6.33 Å². The monoisotopic (exact) mass is 276 g/mol. The molecule has 0 bridgehead atoms. The molecule has 2 heterocycles. The molecule has 2 aromatic rings. The number of nitrogen functional groups attached to an aromatic ring is 1. The van der Waals surface area contributed by atoms with Crippen molar-refractivity contribution in [2.75, 3.05) is 12.3 Å². The minimum Gasteiger partial charge on any atom is -0.374 e. The summed E-state index contributed by atoms with van der Waals surface area (Å²) in [6.07, 6.45) is 1.54. The normalized spacial score (nSPS) is 11.8. The van der Waals surface area contributed by atoms with E-state index in [1.54, 1.807) is 0 Å². The first-order chi connectivity index (χ1) is 8.08. The van der Waals surface area contributed by atoms with Crippen LogP contribution in [-0.4, -0.2) is 35.3 Å². The van der Waals surface area contributed by atoms with Crippen LogP contribution in [-0.2, 0) is 16.4 Å². The van der Waals surface area contributed by atoms with Gasteiger partial charge in [-0.15, -0.1) is 10.2 Å². The van der Waals surface area contributed by atoms with E-state index in [1.807, 2.05) is 0 Å². The van der Waals surface area contributed by atoms with Gasteiger partial charge in [0.1, 0.15) is 0 Å². The first kappa shape index (κ1) is 11.9. The van der Waals surface area contributed by atoms with Gasteiger partial charge in [0.05, 0.1) is 0 Å². The number of hydrogen-bond acceptors (Lipinski definition) is 9. The SMILES string of the molecule is Nc1nnc(S(=O)(=O)NCCc2ncno2)s1. The number of aromatic nitrogens is 4. The fourth-order valence-electron chi connectivity index (χ4n) is 0.989. The van der Waals surface area contributed by atoms with Crippen LogP contribution in [0.4, 0.5) is 5.13 Å². The van der Waals surface area contributed by atoms with Gasteiger partial charge in [0.25, 0.3) is 10.0 Å². The third kappa shape index (κ3) is 2.95. The molecule has 11 heteroatoms. The Morgan fingerprint density at radius 1 is 1.47 bits per heavy atom. The Morgan fingerprint density at radius 2 is 2.29 bits per heavy atom. The van der Waals surface area contributed by atoms with Crippen molar-refractivity contribution in [1.29, 1.82) is 0 Å². The fraction of sp³-hybridized carbons (Fsp3) is 0.333. The number of sulfonamides is 1. The maximum Gasteiger partial charge on any atom is 0.269 e. The van der Waals surface area contributed by atoms with E-state index in [0.717, 1.165) is 11.3 Å². The molecule has 17 heavy (non-hydrogen) atoms. The second-order valence-electron chi connectivity index (χ2n) is 2.89. The topological polar surface area (TPSA) is 137 Å². The Labute approximate surface area is 100 Å². The lowest BCUT2D eigenvalue weighted by atomic mass is 10.4. The summed E-state index contributed by atoms with van der Waals surface area (Å²) in [5, 5.41) is 10.4. The van der Waals surface area contributed by atoms with Crippen molar-refractivity contribution in [3.8, 4) is 0 Å². The molecule has 2 aromatic heterocycles. The minimum atomic E-state index is -3.67. The van der Waals surface area contributed by atoms with Gasteiger partial charge in [-0.2, -0.15) is 4.98 Å². The van der Waals surface area contributed by atoms with Gasteiger partial charge < -0.3 is 10.3 Å². The lowest BCUT2D eigenvalue weighted by molar-refractivity contribution is 0.377. The lowest BCUT2D eigenvalue weighted by Gasteiger charge is -2.00. The second kappa shape index (κ2) is 4.73. The summed E-state index contributed by atoms with van der Waals surface area (Å²) in [5.74, 6) is 0.351. The summed E-state index contributed by atoms with van der Waals surface area (Å²) in [6.45, 7) is 0.129. The first-order valence-electron chi connectivity index (χ1n) is 4.42. The molecule has 0 amide bonds. The van der Waals surface area contributed by atoms with Crippen molar-refractivity contribution in [1.82, 2.24) is 25.1 Å². The number of nitrogens with zero attached hydrogens (tertiary/aromatic N) is 4. The molecule has 0 saturated carbocycles. The molecule has 0 aromatic carbocycles. The molecular formula is C6H8N6O3S2. The van der Waals surface area contributed by atoms with Crippen LogP contribution < -0.4 is 10.5 Å². The summed E-state index contributed by atoms with van der Waals surface area (Å²) in [5.41, 5.74) is 5.30. The van der Waals surface area contributed by atoms with Crippen molar-refractivity contribution in [2.24, 2.45) is 0 Å². The van der Waals surface area contributed by atoms with E-state index in [-0.39, 0.29) is 16.0 Å². The van der Waals surface area contributed by atoms with Gasteiger partial charge in [-0.05, 0) is 0 Å². The Kier molecular flexibility index (Phi) is 3.31. The predicted molar refractivity (Wildman–Crippen MR) is 57.5 cm³/mol. The molecule has 2 rings (SSSR count). The summed E-state index contributed by atoms with van der Waals surface area (Å²) in [4.78, 5) is 3.75. The first-order valence-corrected chi connectivity index (χ1v) is 6.72. The third-order valence-corrected chi connectivity index (χ3v) is 4.27. The Balaban J connectivity index is 1.94. The van der Waals surface area contributed by atoms with Crippen LogP contribution in [0.25, 0.3) is 0 Å². The smallest absolute Gasteiger partial charge is 0.269 e. The molecule has 3 N–H and O–H groups in total.